The van der Waals surface area contributed by atoms with Gasteiger partial charge in [-0.1, -0.05) is 13.8 Å². The number of rotatable bonds is 8. The van der Waals surface area contributed by atoms with E-state index in [1.165, 1.54) is 0 Å². The number of nitrogens with one attached hydrogen (secondary N) is 1. The summed E-state index contributed by atoms with van der Waals surface area (Å²) in [6, 6.07) is -0.0589. The Morgan fingerprint density at radius 3 is 2.43 bits per heavy atom. The van der Waals surface area contributed by atoms with Crippen LogP contribution in [0.1, 0.15) is 46.5 Å². The number of nitrogens with zero attached hydrogens (tertiary/aromatic N) is 1. The van der Waals surface area contributed by atoms with Gasteiger partial charge in [0.2, 0.25) is 0 Å². The summed E-state index contributed by atoms with van der Waals surface area (Å²) in [6.45, 7) is 7.11. The molecule has 0 spiro atoms. The van der Waals surface area contributed by atoms with Crippen LogP contribution in [0.15, 0.2) is 0 Å². The zero-order valence-corrected chi connectivity index (χ0v) is 13.5. The first kappa shape index (κ1) is 17.8. The minimum atomic E-state index is -0.908. The van der Waals surface area contributed by atoms with Crippen molar-refractivity contribution in [3.05, 3.63) is 0 Å². The third-order valence-corrected chi connectivity index (χ3v) is 4.83. The highest BCUT2D eigenvalue weighted by Crippen LogP contribution is 2.51. The van der Waals surface area contributed by atoms with Crippen molar-refractivity contribution >= 4 is 12.0 Å². The van der Waals surface area contributed by atoms with Gasteiger partial charge in [0, 0.05) is 31.7 Å². The predicted molar refractivity (Wildman–Crippen MR) is 80.2 cm³/mol. The molecule has 0 bridgehead atoms. The number of hydrogen-bond acceptors (Lipinski definition) is 3. The van der Waals surface area contributed by atoms with Gasteiger partial charge in [-0.05, 0) is 26.2 Å². The molecule has 0 aromatic heterocycles. The first-order chi connectivity index (χ1) is 9.92. The number of amides is 2. The van der Waals surface area contributed by atoms with Crippen molar-refractivity contribution in [3.8, 4) is 0 Å². The average Bonchev–Trinajstić information content (AvgIpc) is 2.43. The van der Waals surface area contributed by atoms with Gasteiger partial charge in [0.05, 0.1) is 12.5 Å². The van der Waals surface area contributed by atoms with Gasteiger partial charge in [-0.15, -0.1) is 0 Å². The summed E-state index contributed by atoms with van der Waals surface area (Å²) in [7, 11) is 1.78. The molecule has 1 saturated carbocycles. The second-order valence-electron chi connectivity index (χ2n) is 5.62. The highest BCUT2D eigenvalue weighted by molar-refractivity contribution is 5.75. The van der Waals surface area contributed by atoms with Crippen LogP contribution in [-0.4, -0.2) is 54.4 Å². The molecular formula is C15H28N2O4. The molecule has 0 saturated heterocycles. The molecule has 1 aliphatic rings. The first-order valence-electron chi connectivity index (χ1n) is 7.76. The molecule has 2 N–H and O–H groups in total. The molecule has 6 nitrogen and oxygen atoms in total. The summed E-state index contributed by atoms with van der Waals surface area (Å²) in [5.41, 5.74) is 0.00883. The van der Waals surface area contributed by atoms with Crippen molar-refractivity contribution in [2.45, 2.75) is 58.6 Å². The van der Waals surface area contributed by atoms with Crippen molar-refractivity contribution in [1.29, 1.82) is 0 Å². The number of ether oxygens (including phenoxy) is 1. The number of urea groups is 1. The van der Waals surface area contributed by atoms with E-state index in [4.69, 9.17) is 9.84 Å². The summed E-state index contributed by atoms with van der Waals surface area (Å²) in [6.07, 6.45) is 2.92. The van der Waals surface area contributed by atoms with Crippen molar-refractivity contribution in [2.75, 3.05) is 20.2 Å². The highest BCUT2D eigenvalue weighted by atomic mass is 16.5. The minimum Gasteiger partial charge on any atom is -0.481 e. The van der Waals surface area contributed by atoms with Crippen LogP contribution in [0.5, 0.6) is 0 Å². The average molecular weight is 300 g/mol. The largest absolute Gasteiger partial charge is 0.481 e. The smallest absolute Gasteiger partial charge is 0.317 e. The number of carboxylic acid groups (broad SMARTS) is 1. The Morgan fingerprint density at radius 1 is 1.33 bits per heavy atom. The number of carbonyl (C=O) groups is 2. The first-order valence-corrected chi connectivity index (χ1v) is 7.76. The summed E-state index contributed by atoms with van der Waals surface area (Å²) < 4.78 is 5.81. The monoisotopic (exact) mass is 300 g/mol. The fourth-order valence-corrected chi connectivity index (χ4v) is 3.42. The Hall–Kier alpha value is -1.30. The van der Waals surface area contributed by atoms with Crippen LogP contribution >= 0.6 is 0 Å². The molecule has 21 heavy (non-hydrogen) atoms. The number of hydrogen-bond donors (Lipinski definition) is 2. The maximum absolute atomic E-state index is 12.1. The van der Waals surface area contributed by atoms with E-state index < -0.39 is 5.97 Å². The Labute approximate surface area is 126 Å². The lowest BCUT2D eigenvalue weighted by Crippen LogP contribution is -2.65. The number of aliphatic carboxylic acids is 1. The summed E-state index contributed by atoms with van der Waals surface area (Å²) in [4.78, 5) is 24.3. The molecule has 0 heterocycles. The van der Waals surface area contributed by atoms with Crippen LogP contribution in [0.3, 0.4) is 0 Å². The summed E-state index contributed by atoms with van der Waals surface area (Å²) in [5.74, 6) is -0.908. The molecular weight excluding hydrogens is 272 g/mol. The molecule has 1 aliphatic carbocycles. The molecule has 1 fully saturated rings. The van der Waals surface area contributed by atoms with Crippen LogP contribution in [0.25, 0.3) is 0 Å². The lowest BCUT2D eigenvalue weighted by atomic mass is 9.58. The van der Waals surface area contributed by atoms with Gasteiger partial charge < -0.3 is 20.1 Å². The number of carbonyl (C=O) groups excluding carboxylic acids is 1. The minimum absolute atomic E-state index is 0.00883. The quantitative estimate of drug-likeness (QED) is 0.719. The molecule has 0 aromatic rings. The maximum atomic E-state index is 12.1. The van der Waals surface area contributed by atoms with E-state index in [1.807, 2.05) is 6.92 Å². The fourth-order valence-electron chi connectivity index (χ4n) is 3.42. The van der Waals surface area contributed by atoms with Crippen LogP contribution in [0.2, 0.25) is 0 Å². The van der Waals surface area contributed by atoms with Crippen molar-refractivity contribution < 1.29 is 19.4 Å². The summed E-state index contributed by atoms with van der Waals surface area (Å²) in [5, 5.41) is 11.3. The van der Waals surface area contributed by atoms with Crippen LogP contribution in [-0.2, 0) is 9.53 Å². The zero-order chi connectivity index (χ0) is 16.0. The highest BCUT2D eigenvalue weighted by Gasteiger charge is 2.55. The zero-order valence-electron chi connectivity index (χ0n) is 13.5. The molecule has 0 aromatic carbocycles. The van der Waals surface area contributed by atoms with E-state index in [1.54, 1.807) is 11.9 Å². The maximum Gasteiger partial charge on any atom is 0.317 e. The van der Waals surface area contributed by atoms with Crippen LogP contribution in [0, 0.1) is 5.41 Å². The standard InChI is InChI=1S/C15H28N2O4/c1-5-15(6-2)11(10-12(15)21-7-3)17(4)14(20)16-9-8-13(18)19/h11-12H,5-10H2,1-4H3,(H,16,20)(H,18,19). The van der Waals surface area contributed by atoms with E-state index >= 15 is 0 Å². The van der Waals surface area contributed by atoms with E-state index in [-0.39, 0.29) is 36.6 Å². The molecule has 0 radical (unpaired) electrons. The predicted octanol–water partition coefficient (Wildman–Crippen LogP) is 2.09. The van der Waals surface area contributed by atoms with Crippen molar-refractivity contribution in [3.63, 3.8) is 0 Å². The van der Waals surface area contributed by atoms with Gasteiger partial charge in [-0.2, -0.15) is 0 Å². The molecule has 122 valence electrons. The van der Waals surface area contributed by atoms with Crippen LogP contribution in [0.4, 0.5) is 4.79 Å². The lowest BCUT2D eigenvalue weighted by molar-refractivity contribution is -0.158. The van der Waals surface area contributed by atoms with Gasteiger partial charge >= 0.3 is 12.0 Å². The fraction of sp³-hybridized carbons (Fsp3) is 0.867. The van der Waals surface area contributed by atoms with Crippen molar-refractivity contribution in [2.24, 2.45) is 5.41 Å². The van der Waals surface area contributed by atoms with Gasteiger partial charge in [0.15, 0.2) is 0 Å². The third kappa shape index (κ3) is 3.67. The number of carboxylic acids is 1. The third-order valence-electron chi connectivity index (χ3n) is 4.83. The second kappa shape index (κ2) is 7.64. The molecule has 2 amide bonds. The second-order valence-corrected chi connectivity index (χ2v) is 5.62. The van der Waals surface area contributed by atoms with E-state index in [0.29, 0.717) is 6.61 Å². The molecule has 2 atom stereocenters. The Kier molecular flexibility index (Phi) is 6.45. The van der Waals surface area contributed by atoms with Gasteiger partial charge in [0.25, 0.3) is 0 Å². The van der Waals surface area contributed by atoms with Crippen molar-refractivity contribution in [1.82, 2.24) is 10.2 Å². The van der Waals surface area contributed by atoms with E-state index in [0.717, 1.165) is 19.3 Å². The Bertz CT molecular complexity index is 369. The SMILES string of the molecule is CCOC1CC(N(C)C(=O)NCCC(=O)O)C1(CC)CC. The van der Waals surface area contributed by atoms with E-state index in [2.05, 4.69) is 19.2 Å². The normalized spacial score (nSPS) is 23.2. The Morgan fingerprint density at radius 2 is 1.95 bits per heavy atom. The molecule has 0 aliphatic heterocycles. The lowest BCUT2D eigenvalue weighted by Gasteiger charge is -2.58. The molecule has 6 heteroatoms. The van der Waals surface area contributed by atoms with Gasteiger partial charge in [0.1, 0.15) is 0 Å². The summed E-state index contributed by atoms with van der Waals surface area (Å²) >= 11 is 0. The van der Waals surface area contributed by atoms with Gasteiger partial charge in [-0.3, -0.25) is 4.79 Å². The van der Waals surface area contributed by atoms with Gasteiger partial charge in [-0.25, -0.2) is 4.79 Å². The topological polar surface area (TPSA) is 78.9 Å². The molecule has 1 rings (SSSR count). The Balaban J connectivity index is 2.62. The van der Waals surface area contributed by atoms with E-state index in [9.17, 15) is 9.59 Å². The van der Waals surface area contributed by atoms with Crippen LogP contribution < -0.4 is 5.32 Å². The molecule has 2 unspecified atom stereocenters.